The molecule has 0 aliphatic carbocycles. The van der Waals surface area contributed by atoms with Gasteiger partial charge in [0.2, 0.25) is 0 Å². The van der Waals surface area contributed by atoms with Crippen LogP contribution in [0.15, 0.2) is 29.2 Å². The van der Waals surface area contributed by atoms with Crippen molar-refractivity contribution < 1.29 is 0 Å². The van der Waals surface area contributed by atoms with Crippen LogP contribution in [0.4, 0.5) is 0 Å². The van der Waals surface area contributed by atoms with E-state index >= 15 is 0 Å². The molecule has 1 aromatic rings. The largest absolute Gasteiger partial charge is 0.317 e. The molecular weight excluding hydrogens is 276 g/mol. The summed E-state index contributed by atoms with van der Waals surface area (Å²) in [6.07, 6.45) is 5.25. The summed E-state index contributed by atoms with van der Waals surface area (Å²) in [6, 6.07) is 8.95. The van der Waals surface area contributed by atoms with Gasteiger partial charge in [-0.25, -0.2) is 0 Å². The lowest BCUT2D eigenvalue weighted by molar-refractivity contribution is 0.206. The topological polar surface area (TPSA) is 15.3 Å². The van der Waals surface area contributed by atoms with Crippen molar-refractivity contribution in [3.8, 4) is 0 Å². The van der Waals surface area contributed by atoms with Crippen molar-refractivity contribution in [3.63, 3.8) is 0 Å². The van der Waals surface area contributed by atoms with Gasteiger partial charge in [0.25, 0.3) is 0 Å². The van der Waals surface area contributed by atoms with E-state index in [1.807, 2.05) is 0 Å². The summed E-state index contributed by atoms with van der Waals surface area (Å²) in [5.41, 5.74) is 1.56. The molecule has 2 nitrogen and oxygen atoms in total. The van der Waals surface area contributed by atoms with Gasteiger partial charge in [-0.2, -0.15) is 0 Å². The van der Waals surface area contributed by atoms with Crippen LogP contribution >= 0.6 is 11.8 Å². The molecule has 3 heteroatoms. The highest BCUT2D eigenvalue weighted by molar-refractivity contribution is 8.00. The molecule has 2 aliphatic heterocycles. The van der Waals surface area contributed by atoms with Crippen LogP contribution < -0.4 is 5.32 Å². The van der Waals surface area contributed by atoms with E-state index in [0.29, 0.717) is 0 Å². The van der Waals surface area contributed by atoms with Crippen molar-refractivity contribution in [1.29, 1.82) is 0 Å². The highest BCUT2D eigenvalue weighted by Gasteiger charge is 2.25. The number of piperidine rings is 1. The Balaban J connectivity index is 1.53. The fourth-order valence-corrected chi connectivity index (χ4v) is 5.01. The molecule has 1 N–H and O–H groups in total. The molecule has 1 atom stereocenters. The summed E-state index contributed by atoms with van der Waals surface area (Å²) >= 11 is 2.10. The third-order valence-electron chi connectivity index (χ3n) is 4.69. The van der Waals surface area contributed by atoms with Crippen molar-refractivity contribution in [3.05, 3.63) is 29.8 Å². The van der Waals surface area contributed by atoms with E-state index in [4.69, 9.17) is 0 Å². The van der Waals surface area contributed by atoms with Crippen LogP contribution in [0.3, 0.4) is 0 Å². The van der Waals surface area contributed by atoms with Crippen LogP contribution in [-0.2, 0) is 6.42 Å². The monoisotopic (exact) mass is 304 g/mol. The smallest absolute Gasteiger partial charge is 0.0263 e. The molecule has 2 heterocycles. The van der Waals surface area contributed by atoms with Gasteiger partial charge in [-0.05, 0) is 62.9 Å². The number of thioether (sulfide) groups is 1. The van der Waals surface area contributed by atoms with Crippen molar-refractivity contribution in [1.82, 2.24) is 10.2 Å². The molecule has 1 fully saturated rings. The summed E-state index contributed by atoms with van der Waals surface area (Å²) in [5.74, 6) is 0.909. The van der Waals surface area contributed by atoms with Gasteiger partial charge in [0.05, 0.1) is 0 Å². The predicted molar refractivity (Wildman–Crippen MR) is 92.1 cm³/mol. The third-order valence-corrected chi connectivity index (χ3v) is 5.99. The molecule has 1 saturated heterocycles. The fraction of sp³-hybridized carbons (Fsp3) is 0.667. The summed E-state index contributed by atoms with van der Waals surface area (Å²) in [7, 11) is 0. The molecule has 0 amide bonds. The van der Waals surface area contributed by atoms with Gasteiger partial charge >= 0.3 is 0 Å². The van der Waals surface area contributed by atoms with Crippen LogP contribution in [0.25, 0.3) is 0 Å². The van der Waals surface area contributed by atoms with E-state index < -0.39 is 0 Å². The van der Waals surface area contributed by atoms with E-state index in [9.17, 15) is 0 Å². The summed E-state index contributed by atoms with van der Waals surface area (Å²) in [6.45, 7) is 8.58. The number of nitrogens with one attached hydrogen (secondary N) is 1. The number of benzene rings is 1. The Morgan fingerprint density at radius 3 is 2.76 bits per heavy atom. The molecule has 0 saturated carbocycles. The molecular formula is C18H28N2S. The zero-order valence-electron chi connectivity index (χ0n) is 13.2. The normalized spacial score (nSPS) is 22.7. The van der Waals surface area contributed by atoms with Crippen LogP contribution in [0.2, 0.25) is 0 Å². The second-order valence-electron chi connectivity index (χ2n) is 6.50. The predicted octanol–water partition coefficient (Wildman–Crippen LogP) is 3.42. The lowest BCUT2D eigenvalue weighted by atomic mass is 9.97. The Hall–Kier alpha value is -0.510. The van der Waals surface area contributed by atoms with Crippen LogP contribution in [0.1, 0.15) is 31.7 Å². The van der Waals surface area contributed by atoms with Gasteiger partial charge < -0.3 is 10.2 Å². The summed E-state index contributed by atoms with van der Waals surface area (Å²) in [4.78, 5) is 4.25. The van der Waals surface area contributed by atoms with E-state index in [-0.39, 0.29) is 0 Å². The number of hydrogen-bond donors (Lipinski definition) is 1. The summed E-state index contributed by atoms with van der Waals surface area (Å²) < 4.78 is 0. The van der Waals surface area contributed by atoms with Crippen LogP contribution in [0.5, 0.6) is 0 Å². The molecule has 0 aromatic heterocycles. The van der Waals surface area contributed by atoms with Crippen molar-refractivity contribution in [2.24, 2.45) is 5.92 Å². The minimum atomic E-state index is 0.760. The van der Waals surface area contributed by atoms with Crippen molar-refractivity contribution >= 4 is 11.8 Å². The van der Waals surface area contributed by atoms with E-state index in [1.165, 1.54) is 63.3 Å². The number of nitrogens with zero attached hydrogens (tertiary/aromatic N) is 1. The first-order valence-electron chi connectivity index (χ1n) is 8.52. The van der Waals surface area contributed by atoms with Gasteiger partial charge in [0, 0.05) is 23.2 Å². The molecule has 1 aromatic carbocycles. The Kier molecular flexibility index (Phi) is 5.61. The molecule has 0 spiro atoms. The molecule has 0 bridgehead atoms. The van der Waals surface area contributed by atoms with Crippen molar-refractivity contribution in [2.45, 2.75) is 42.8 Å². The molecule has 21 heavy (non-hydrogen) atoms. The first kappa shape index (κ1) is 15.4. The highest BCUT2D eigenvalue weighted by atomic mass is 32.2. The standard InChI is InChI=1S/C18H28N2S/c1-2-11-20(13-15-7-9-19-10-8-15)14-17-12-16-5-3-4-6-18(16)21-17/h3-6,15,17,19H,2,7-14H2,1H3. The maximum atomic E-state index is 3.48. The third kappa shape index (κ3) is 4.24. The Morgan fingerprint density at radius 1 is 1.19 bits per heavy atom. The second kappa shape index (κ2) is 7.66. The minimum absolute atomic E-state index is 0.760. The Bertz CT molecular complexity index is 418. The van der Waals surface area contributed by atoms with Crippen LogP contribution in [0, 0.1) is 5.92 Å². The average molecular weight is 305 g/mol. The Labute approximate surface area is 133 Å². The maximum Gasteiger partial charge on any atom is 0.0263 e. The maximum absolute atomic E-state index is 3.48. The van der Waals surface area contributed by atoms with Gasteiger partial charge in [-0.1, -0.05) is 25.1 Å². The number of rotatable bonds is 6. The number of hydrogen-bond acceptors (Lipinski definition) is 3. The SMILES string of the molecule is CCCN(CC1CCNCC1)CC1Cc2ccccc2S1. The van der Waals surface area contributed by atoms with E-state index in [1.54, 1.807) is 5.56 Å². The lowest BCUT2D eigenvalue weighted by Gasteiger charge is -2.31. The van der Waals surface area contributed by atoms with Crippen molar-refractivity contribution in [2.75, 3.05) is 32.7 Å². The quantitative estimate of drug-likeness (QED) is 0.867. The minimum Gasteiger partial charge on any atom is -0.317 e. The fourth-order valence-electron chi connectivity index (χ4n) is 3.65. The van der Waals surface area contributed by atoms with E-state index in [0.717, 1.165) is 11.2 Å². The molecule has 116 valence electrons. The van der Waals surface area contributed by atoms with Gasteiger partial charge in [-0.3, -0.25) is 0 Å². The summed E-state index contributed by atoms with van der Waals surface area (Å²) in [5, 5.41) is 4.24. The average Bonchev–Trinajstić information content (AvgIpc) is 2.90. The first-order valence-corrected chi connectivity index (χ1v) is 9.40. The van der Waals surface area contributed by atoms with Gasteiger partial charge in [-0.15, -0.1) is 11.8 Å². The molecule has 0 radical (unpaired) electrons. The zero-order chi connectivity index (χ0) is 14.5. The van der Waals surface area contributed by atoms with Crippen LogP contribution in [-0.4, -0.2) is 42.9 Å². The second-order valence-corrected chi connectivity index (χ2v) is 7.85. The lowest BCUT2D eigenvalue weighted by Crippen LogP contribution is -2.39. The van der Waals surface area contributed by atoms with E-state index in [2.05, 4.69) is 53.2 Å². The van der Waals surface area contributed by atoms with Gasteiger partial charge in [0.15, 0.2) is 0 Å². The molecule has 3 rings (SSSR count). The Morgan fingerprint density at radius 2 is 2.00 bits per heavy atom. The first-order chi connectivity index (χ1) is 10.3. The number of fused-ring (bicyclic) bond motifs is 1. The van der Waals surface area contributed by atoms with Gasteiger partial charge in [0.1, 0.15) is 0 Å². The zero-order valence-corrected chi connectivity index (χ0v) is 14.0. The molecule has 2 aliphatic rings. The molecule has 1 unspecified atom stereocenters. The highest BCUT2D eigenvalue weighted by Crippen LogP contribution is 2.37.